The van der Waals surface area contributed by atoms with Crippen molar-refractivity contribution < 1.29 is 19.4 Å². The molecule has 3 rings (SSSR count). The standard InChI is InChI=1S/C18H21N3O4/c1-2-21-11-14(10-19-21)16-15(4-3-9-25-16)20-17(22)12-5-7-13(8-6-12)18(23)24/h5-8,10-11,15-16H,2-4,9H2,1H3,(H,20,22)(H,23,24)/t15-,16+/m0/s1. The van der Waals surface area contributed by atoms with Crippen molar-refractivity contribution in [2.75, 3.05) is 6.61 Å². The average molecular weight is 343 g/mol. The van der Waals surface area contributed by atoms with Gasteiger partial charge in [-0.2, -0.15) is 5.10 Å². The van der Waals surface area contributed by atoms with Crippen LogP contribution < -0.4 is 5.32 Å². The van der Waals surface area contributed by atoms with Gasteiger partial charge in [0.1, 0.15) is 6.10 Å². The van der Waals surface area contributed by atoms with E-state index in [4.69, 9.17) is 9.84 Å². The lowest BCUT2D eigenvalue weighted by Gasteiger charge is -2.31. The highest BCUT2D eigenvalue weighted by molar-refractivity contribution is 5.96. The fourth-order valence-electron chi connectivity index (χ4n) is 2.97. The Kier molecular flexibility index (Phi) is 5.14. The van der Waals surface area contributed by atoms with Crippen LogP contribution in [-0.4, -0.2) is 39.4 Å². The number of hydrogen-bond donors (Lipinski definition) is 2. The molecule has 1 aromatic heterocycles. The highest BCUT2D eigenvalue weighted by atomic mass is 16.5. The third-order valence-corrected chi connectivity index (χ3v) is 4.34. The molecule has 0 radical (unpaired) electrons. The zero-order chi connectivity index (χ0) is 17.8. The van der Waals surface area contributed by atoms with Gasteiger partial charge in [-0.25, -0.2) is 4.79 Å². The number of aromatic nitrogens is 2. The molecule has 1 saturated heterocycles. The summed E-state index contributed by atoms with van der Waals surface area (Å²) in [7, 11) is 0. The zero-order valence-electron chi connectivity index (χ0n) is 14.0. The van der Waals surface area contributed by atoms with E-state index in [1.165, 1.54) is 24.3 Å². The Labute approximate surface area is 145 Å². The quantitative estimate of drug-likeness (QED) is 0.868. The number of benzene rings is 1. The summed E-state index contributed by atoms with van der Waals surface area (Å²) in [6.45, 7) is 3.44. The molecular weight excluding hydrogens is 322 g/mol. The van der Waals surface area contributed by atoms with Crippen molar-refractivity contribution in [2.24, 2.45) is 0 Å². The molecule has 2 N–H and O–H groups in total. The summed E-state index contributed by atoms with van der Waals surface area (Å²) >= 11 is 0. The van der Waals surface area contributed by atoms with Gasteiger partial charge in [-0.05, 0) is 44.0 Å². The van der Waals surface area contributed by atoms with E-state index in [0.717, 1.165) is 24.9 Å². The maximum absolute atomic E-state index is 12.5. The fraction of sp³-hybridized carbons (Fsp3) is 0.389. The van der Waals surface area contributed by atoms with Gasteiger partial charge in [0.2, 0.25) is 0 Å². The van der Waals surface area contributed by atoms with Gasteiger partial charge < -0.3 is 15.2 Å². The number of nitrogens with zero attached hydrogens (tertiary/aromatic N) is 2. The van der Waals surface area contributed by atoms with Crippen LogP contribution in [0.15, 0.2) is 36.7 Å². The molecule has 25 heavy (non-hydrogen) atoms. The summed E-state index contributed by atoms with van der Waals surface area (Å²) in [6, 6.07) is 5.75. The monoisotopic (exact) mass is 343 g/mol. The molecule has 2 aromatic rings. The Morgan fingerprint density at radius 2 is 2.04 bits per heavy atom. The fourth-order valence-corrected chi connectivity index (χ4v) is 2.97. The van der Waals surface area contributed by atoms with Gasteiger partial charge in [0, 0.05) is 30.5 Å². The van der Waals surface area contributed by atoms with Crippen LogP contribution in [0.25, 0.3) is 0 Å². The predicted molar refractivity (Wildman–Crippen MR) is 90.5 cm³/mol. The summed E-state index contributed by atoms with van der Waals surface area (Å²) in [5.41, 5.74) is 1.54. The van der Waals surface area contributed by atoms with Crippen molar-refractivity contribution in [3.63, 3.8) is 0 Å². The van der Waals surface area contributed by atoms with Crippen molar-refractivity contribution >= 4 is 11.9 Å². The van der Waals surface area contributed by atoms with Crippen molar-refractivity contribution in [1.29, 1.82) is 0 Å². The SMILES string of the molecule is CCn1cc([C@H]2OCCC[C@@H]2NC(=O)c2ccc(C(=O)O)cc2)cn1. The largest absolute Gasteiger partial charge is 0.478 e. The van der Waals surface area contributed by atoms with E-state index in [0.29, 0.717) is 12.2 Å². The molecule has 1 aliphatic rings. The van der Waals surface area contributed by atoms with Crippen LogP contribution in [0.2, 0.25) is 0 Å². The van der Waals surface area contributed by atoms with Gasteiger partial charge in [-0.3, -0.25) is 9.48 Å². The van der Waals surface area contributed by atoms with E-state index >= 15 is 0 Å². The van der Waals surface area contributed by atoms with Gasteiger partial charge in [0.25, 0.3) is 5.91 Å². The van der Waals surface area contributed by atoms with E-state index in [2.05, 4.69) is 10.4 Å². The second-order valence-corrected chi connectivity index (χ2v) is 6.03. The summed E-state index contributed by atoms with van der Waals surface area (Å²) in [5.74, 6) is -1.25. The number of ether oxygens (including phenoxy) is 1. The number of hydrogen-bond acceptors (Lipinski definition) is 4. The lowest BCUT2D eigenvalue weighted by Crippen LogP contribution is -2.42. The first-order valence-corrected chi connectivity index (χ1v) is 8.36. The van der Waals surface area contributed by atoms with Crippen LogP contribution >= 0.6 is 0 Å². The van der Waals surface area contributed by atoms with Crippen molar-refractivity contribution in [3.05, 3.63) is 53.3 Å². The van der Waals surface area contributed by atoms with E-state index in [1.54, 1.807) is 6.20 Å². The first-order chi connectivity index (χ1) is 12.1. The van der Waals surface area contributed by atoms with Crippen LogP contribution in [0.4, 0.5) is 0 Å². The first kappa shape index (κ1) is 17.2. The first-order valence-electron chi connectivity index (χ1n) is 8.36. The second kappa shape index (κ2) is 7.48. The van der Waals surface area contributed by atoms with Gasteiger partial charge in [-0.1, -0.05) is 0 Å². The molecule has 0 aliphatic carbocycles. The normalized spacial score (nSPS) is 20.2. The Morgan fingerprint density at radius 3 is 2.68 bits per heavy atom. The summed E-state index contributed by atoms with van der Waals surface area (Å²) in [5, 5.41) is 16.2. The Hall–Kier alpha value is -2.67. The molecular formula is C18H21N3O4. The minimum atomic E-state index is -1.01. The number of rotatable bonds is 5. The van der Waals surface area contributed by atoms with E-state index < -0.39 is 5.97 Å². The molecule has 0 unspecified atom stereocenters. The van der Waals surface area contributed by atoms with Crippen LogP contribution in [0.3, 0.4) is 0 Å². The number of nitrogens with one attached hydrogen (secondary N) is 1. The second-order valence-electron chi connectivity index (χ2n) is 6.03. The van der Waals surface area contributed by atoms with Crippen LogP contribution in [0.1, 0.15) is 52.1 Å². The lowest BCUT2D eigenvalue weighted by atomic mass is 9.97. The van der Waals surface area contributed by atoms with Crippen LogP contribution in [0, 0.1) is 0 Å². The highest BCUT2D eigenvalue weighted by Gasteiger charge is 2.30. The number of carboxylic acids is 1. The lowest BCUT2D eigenvalue weighted by molar-refractivity contribution is -0.00950. The molecule has 1 aromatic carbocycles. The molecule has 7 nitrogen and oxygen atoms in total. The third-order valence-electron chi connectivity index (χ3n) is 4.34. The number of carboxylic acid groups (broad SMARTS) is 1. The topological polar surface area (TPSA) is 93.5 Å². The Balaban J connectivity index is 1.72. The minimum absolute atomic E-state index is 0.144. The average Bonchev–Trinajstić information content (AvgIpc) is 3.11. The number of carbonyl (C=O) groups is 2. The van der Waals surface area contributed by atoms with Crippen LogP contribution in [0.5, 0.6) is 0 Å². The number of aryl methyl sites for hydroxylation is 1. The summed E-state index contributed by atoms with van der Waals surface area (Å²) in [4.78, 5) is 23.4. The van der Waals surface area contributed by atoms with Gasteiger partial charge in [0.05, 0.1) is 17.8 Å². The molecule has 7 heteroatoms. The number of aromatic carboxylic acids is 1. The van der Waals surface area contributed by atoms with Gasteiger partial charge in [-0.15, -0.1) is 0 Å². The van der Waals surface area contributed by atoms with Gasteiger partial charge >= 0.3 is 5.97 Å². The molecule has 1 fully saturated rings. The van der Waals surface area contributed by atoms with Crippen molar-refractivity contribution in [3.8, 4) is 0 Å². The zero-order valence-corrected chi connectivity index (χ0v) is 14.0. The number of carbonyl (C=O) groups excluding carboxylic acids is 1. The van der Waals surface area contributed by atoms with E-state index in [-0.39, 0.29) is 23.6 Å². The summed E-state index contributed by atoms with van der Waals surface area (Å²) < 4.78 is 7.71. The molecule has 132 valence electrons. The molecule has 0 bridgehead atoms. The molecule has 0 spiro atoms. The maximum Gasteiger partial charge on any atom is 0.335 e. The van der Waals surface area contributed by atoms with E-state index in [1.807, 2.05) is 17.8 Å². The summed E-state index contributed by atoms with van der Waals surface area (Å²) in [6.07, 6.45) is 5.19. The third kappa shape index (κ3) is 3.88. The van der Waals surface area contributed by atoms with Gasteiger partial charge in [0.15, 0.2) is 0 Å². The Morgan fingerprint density at radius 1 is 1.32 bits per heavy atom. The van der Waals surface area contributed by atoms with E-state index in [9.17, 15) is 9.59 Å². The molecule has 2 atom stereocenters. The highest BCUT2D eigenvalue weighted by Crippen LogP contribution is 2.28. The van der Waals surface area contributed by atoms with Crippen molar-refractivity contribution in [2.45, 2.75) is 38.5 Å². The van der Waals surface area contributed by atoms with Crippen LogP contribution in [-0.2, 0) is 11.3 Å². The van der Waals surface area contributed by atoms with Crippen molar-refractivity contribution in [1.82, 2.24) is 15.1 Å². The Bertz CT molecular complexity index is 754. The minimum Gasteiger partial charge on any atom is -0.478 e. The molecule has 1 amide bonds. The molecule has 0 saturated carbocycles. The maximum atomic E-state index is 12.5. The molecule has 1 aliphatic heterocycles. The number of amides is 1. The molecule has 2 heterocycles. The smallest absolute Gasteiger partial charge is 0.335 e. The predicted octanol–water partition coefficient (Wildman–Crippen LogP) is 2.25.